The third kappa shape index (κ3) is 4.76. The predicted molar refractivity (Wildman–Crippen MR) is 138 cm³/mol. The maximum Gasteiger partial charge on any atom is 0.337 e. The van der Waals surface area contributed by atoms with Gasteiger partial charge in [-0.05, 0) is 88.4 Å². The molecule has 4 rings (SSSR count). The number of aryl methyl sites for hydroxylation is 3. The van der Waals surface area contributed by atoms with E-state index in [4.69, 9.17) is 11.6 Å². The lowest BCUT2D eigenvalue weighted by molar-refractivity contribution is 0.0696. The highest BCUT2D eigenvalue weighted by Gasteiger charge is 2.14. The van der Waals surface area contributed by atoms with Crippen LogP contribution in [0.2, 0.25) is 5.02 Å². The van der Waals surface area contributed by atoms with Gasteiger partial charge in [-0.1, -0.05) is 11.6 Å². The van der Waals surface area contributed by atoms with Crippen molar-refractivity contribution >= 4 is 29.7 Å². The summed E-state index contributed by atoms with van der Waals surface area (Å²) >= 11 is 6.01. The predicted octanol–water partition coefficient (Wildman–Crippen LogP) is 5.62. The van der Waals surface area contributed by atoms with Crippen LogP contribution in [0, 0.1) is 27.7 Å². The molecule has 0 saturated heterocycles. The molecule has 0 bridgehead atoms. The lowest BCUT2D eigenvalue weighted by Crippen LogP contribution is -2.17. The first-order valence-electron chi connectivity index (χ1n) is 11.0. The molecule has 4 aromatic rings. The Morgan fingerprint density at radius 1 is 0.857 bits per heavy atom. The van der Waals surface area contributed by atoms with Crippen molar-refractivity contribution in [2.75, 3.05) is 0 Å². The summed E-state index contributed by atoms with van der Waals surface area (Å²) in [7, 11) is 0. The molecule has 7 nitrogen and oxygen atoms in total. The van der Waals surface area contributed by atoms with E-state index >= 15 is 0 Å². The monoisotopic (exact) mass is 488 g/mol. The average molecular weight is 489 g/mol. The number of rotatable bonds is 6. The number of aromatic nitrogens is 2. The molecule has 0 radical (unpaired) electrons. The summed E-state index contributed by atoms with van der Waals surface area (Å²) in [5.74, 6) is -1.40. The van der Waals surface area contributed by atoms with Crippen molar-refractivity contribution < 1.29 is 14.7 Å². The molecule has 0 unspecified atom stereocenters. The Hall–Kier alpha value is -4.10. The summed E-state index contributed by atoms with van der Waals surface area (Å²) in [6.07, 6.45) is 1.58. The van der Waals surface area contributed by atoms with E-state index < -0.39 is 5.97 Å². The highest BCUT2D eigenvalue weighted by Crippen LogP contribution is 2.24. The third-order valence-corrected chi connectivity index (χ3v) is 6.27. The number of amides is 1. The number of nitrogens with one attached hydrogen (secondary N) is 1. The van der Waals surface area contributed by atoms with E-state index in [-0.39, 0.29) is 16.5 Å². The number of carbonyl (C=O) groups is 2. The van der Waals surface area contributed by atoms with Gasteiger partial charge < -0.3 is 14.2 Å². The summed E-state index contributed by atoms with van der Waals surface area (Å²) in [6, 6.07) is 18.2. The fraction of sp³-hybridized carbons (Fsp3) is 0.148. The molecule has 2 heterocycles. The first-order chi connectivity index (χ1) is 16.7. The van der Waals surface area contributed by atoms with Gasteiger partial charge in [-0.15, -0.1) is 0 Å². The lowest BCUT2D eigenvalue weighted by Gasteiger charge is -2.11. The molecule has 0 atom stereocenters. The summed E-state index contributed by atoms with van der Waals surface area (Å²) in [5, 5.41) is 13.7. The maximum atomic E-state index is 12.6. The number of carbonyl (C=O) groups excluding carboxylic acids is 1. The van der Waals surface area contributed by atoms with Gasteiger partial charge in [0.15, 0.2) is 0 Å². The Kier molecular flexibility index (Phi) is 6.62. The van der Waals surface area contributed by atoms with Crippen molar-refractivity contribution in [3.05, 3.63) is 105 Å². The van der Waals surface area contributed by atoms with Gasteiger partial charge in [-0.2, -0.15) is 5.10 Å². The van der Waals surface area contributed by atoms with E-state index in [1.807, 2.05) is 50.5 Å². The fourth-order valence-corrected chi connectivity index (χ4v) is 4.39. The van der Waals surface area contributed by atoms with E-state index in [0.717, 1.165) is 34.0 Å². The molecule has 0 fully saturated rings. The molecule has 0 aliphatic heterocycles. The van der Waals surface area contributed by atoms with Crippen molar-refractivity contribution in [2.45, 2.75) is 27.7 Å². The third-order valence-electron chi connectivity index (χ3n) is 5.94. The molecule has 1 amide bonds. The zero-order chi connectivity index (χ0) is 25.3. The largest absolute Gasteiger partial charge is 0.478 e. The minimum absolute atomic E-state index is 0.0345. The summed E-state index contributed by atoms with van der Waals surface area (Å²) < 4.78 is 4.03. The molecular weight excluding hydrogens is 464 g/mol. The van der Waals surface area contributed by atoms with Gasteiger partial charge in [0, 0.05) is 45.3 Å². The van der Waals surface area contributed by atoms with Crippen molar-refractivity contribution in [3.8, 4) is 11.4 Å². The number of carboxylic acid groups (broad SMARTS) is 1. The van der Waals surface area contributed by atoms with Crippen molar-refractivity contribution in [1.29, 1.82) is 0 Å². The van der Waals surface area contributed by atoms with Gasteiger partial charge in [0.2, 0.25) is 0 Å². The second kappa shape index (κ2) is 9.64. The minimum Gasteiger partial charge on any atom is -0.478 e. The maximum absolute atomic E-state index is 12.6. The number of benzene rings is 2. The Bertz CT molecular complexity index is 1440. The quantitative estimate of drug-likeness (QED) is 0.273. The van der Waals surface area contributed by atoms with E-state index in [9.17, 15) is 14.7 Å². The molecule has 0 saturated carbocycles. The van der Waals surface area contributed by atoms with Crippen LogP contribution >= 0.6 is 11.6 Å². The minimum atomic E-state index is -1.09. The van der Waals surface area contributed by atoms with E-state index in [1.165, 1.54) is 6.07 Å². The van der Waals surface area contributed by atoms with Gasteiger partial charge in [0.05, 0.1) is 16.8 Å². The topological polar surface area (TPSA) is 88.6 Å². The van der Waals surface area contributed by atoms with Crippen LogP contribution in [-0.4, -0.2) is 32.3 Å². The van der Waals surface area contributed by atoms with E-state index in [0.29, 0.717) is 11.3 Å². The molecular formula is C27H25ClN4O3. The summed E-state index contributed by atoms with van der Waals surface area (Å²) in [5.41, 5.74) is 9.56. The summed E-state index contributed by atoms with van der Waals surface area (Å²) in [4.78, 5) is 24.0. The van der Waals surface area contributed by atoms with Crippen molar-refractivity contribution in [1.82, 2.24) is 14.6 Å². The number of halogens is 1. The number of hydrazone groups is 1. The highest BCUT2D eigenvalue weighted by molar-refractivity contribution is 6.33. The first-order valence-corrected chi connectivity index (χ1v) is 11.4. The molecule has 2 aromatic heterocycles. The Balaban J connectivity index is 1.50. The molecule has 0 aliphatic carbocycles. The van der Waals surface area contributed by atoms with E-state index in [2.05, 4.69) is 27.2 Å². The van der Waals surface area contributed by atoms with Gasteiger partial charge in [0.1, 0.15) is 0 Å². The normalized spacial score (nSPS) is 11.2. The van der Waals surface area contributed by atoms with Crippen LogP contribution in [0.3, 0.4) is 0 Å². The zero-order valence-electron chi connectivity index (χ0n) is 19.8. The lowest BCUT2D eigenvalue weighted by atomic mass is 10.2. The SMILES string of the molecule is Cc1ccc(C)n1-c1ccc(C(=O)N/N=C\c2cc(C)n(-c3ccc(Cl)c(C(=O)O)c3)c2C)cc1. The van der Waals surface area contributed by atoms with Gasteiger partial charge in [-0.25, -0.2) is 10.2 Å². The standard InChI is InChI=1S/C27H25ClN4O3/c1-16-5-6-17(2)31(16)22-9-7-20(8-10-22)26(33)30-29-15-21-13-18(3)32(19(21)4)23-11-12-25(28)24(14-23)27(34)35/h5-15H,1-4H3,(H,30,33)(H,34,35)/b29-15-. The Morgan fingerprint density at radius 3 is 2.11 bits per heavy atom. The highest BCUT2D eigenvalue weighted by atomic mass is 35.5. The fourth-order valence-electron chi connectivity index (χ4n) is 4.19. The van der Waals surface area contributed by atoms with Crippen LogP contribution in [0.1, 0.15) is 49.1 Å². The Morgan fingerprint density at radius 2 is 1.49 bits per heavy atom. The molecule has 8 heteroatoms. The van der Waals surface area contributed by atoms with Crippen LogP contribution in [0.5, 0.6) is 0 Å². The van der Waals surface area contributed by atoms with Crippen LogP contribution in [-0.2, 0) is 0 Å². The number of carboxylic acids is 1. The number of hydrogen-bond donors (Lipinski definition) is 2. The first kappa shape index (κ1) is 24.0. The second-order valence-corrected chi connectivity index (χ2v) is 8.74. The molecule has 0 aliphatic rings. The summed E-state index contributed by atoms with van der Waals surface area (Å²) in [6.45, 7) is 7.89. The van der Waals surface area contributed by atoms with Gasteiger partial charge >= 0.3 is 5.97 Å². The van der Waals surface area contributed by atoms with Crippen LogP contribution in [0.15, 0.2) is 65.8 Å². The number of nitrogens with zero attached hydrogens (tertiary/aromatic N) is 3. The van der Waals surface area contributed by atoms with Crippen LogP contribution in [0.25, 0.3) is 11.4 Å². The van der Waals surface area contributed by atoms with Crippen LogP contribution in [0.4, 0.5) is 0 Å². The second-order valence-electron chi connectivity index (χ2n) is 8.33. The smallest absolute Gasteiger partial charge is 0.337 e. The van der Waals surface area contributed by atoms with Crippen molar-refractivity contribution in [3.63, 3.8) is 0 Å². The molecule has 2 N–H and O–H groups in total. The van der Waals surface area contributed by atoms with Crippen LogP contribution < -0.4 is 5.43 Å². The number of aromatic carboxylic acids is 1. The van der Waals surface area contributed by atoms with Crippen molar-refractivity contribution in [2.24, 2.45) is 5.10 Å². The van der Waals surface area contributed by atoms with Gasteiger partial charge in [-0.3, -0.25) is 4.79 Å². The molecule has 35 heavy (non-hydrogen) atoms. The molecule has 0 spiro atoms. The number of hydrogen-bond acceptors (Lipinski definition) is 3. The molecule has 2 aromatic carbocycles. The average Bonchev–Trinajstić information content (AvgIpc) is 3.31. The zero-order valence-corrected chi connectivity index (χ0v) is 20.6. The van der Waals surface area contributed by atoms with Gasteiger partial charge in [0.25, 0.3) is 5.91 Å². The Labute approximate surface area is 208 Å². The molecule has 178 valence electrons. The van der Waals surface area contributed by atoms with E-state index in [1.54, 1.807) is 30.5 Å².